The summed E-state index contributed by atoms with van der Waals surface area (Å²) in [7, 11) is 0. The summed E-state index contributed by atoms with van der Waals surface area (Å²) in [5.74, 6) is 0.0388. The van der Waals surface area contributed by atoms with Crippen LogP contribution < -0.4 is 10.6 Å². The molecule has 1 saturated heterocycles. The quantitative estimate of drug-likeness (QED) is 0.527. The molecular weight excluding hydrogens is 220 g/mol. The van der Waals surface area contributed by atoms with Crippen molar-refractivity contribution in [3.8, 4) is 0 Å². The van der Waals surface area contributed by atoms with Crippen LogP contribution in [0.4, 0.5) is 0 Å². The summed E-state index contributed by atoms with van der Waals surface area (Å²) in [6.07, 6.45) is 4.40. The summed E-state index contributed by atoms with van der Waals surface area (Å²) >= 11 is 0. The van der Waals surface area contributed by atoms with Crippen molar-refractivity contribution >= 4 is 5.91 Å². The first-order valence-corrected chi connectivity index (χ1v) is 6.53. The molecule has 0 aromatic carbocycles. The van der Waals surface area contributed by atoms with E-state index in [1.54, 1.807) is 0 Å². The maximum Gasteiger partial charge on any atom is 0.222 e. The van der Waals surface area contributed by atoms with Crippen LogP contribution >= 0.6 is 0 Å². The van der Waals surface area contributed by atoms with Gasteiger partial charge in [-0.3, -0.25) is 4.79 Å². The van der Waals surface area contributed by atoms with Crippen molar-refractivity contribution in [1.29, 1.82) is 0 Å². The zero-order valence-corrected chi connectivity index (χ0v) is 10.4. The SMILES string of the molecule is O=C(CCOC1CCNCC1)NCCCCO. The van der Waals surface area contributed by atoms with E-state index in [4.69, 9.17) is 9.84 Å². The second-order valence-corrected chi connectivity index (χ2v) is 4.35. The molecule has 0 unspecified atom stereocenters. The number of ether oxygens (including phenoxy) is 1. The van der Waals surface area contributed by atoms with E-state index in [1.807, 2.05) is 0 Å². The fourth-order valence-corrected chi connectivity index (χ4v) is 1.83. The Bertz CT molecular complexity index is 206. The number of aliphatic hydroxyl groups excluding tert-OH is 1. The molecule has 1 fully saturated rings. The zero-order chi connectivity index (χ0) is 12.3. The Kier molecular flexibility index (Phi) is 7.96. The molecule has 5 heteroatoms. The molecule has 0 radical (unpaired) electrons. The third-order valence-electron chi connectivity index (χ3n) is 2.88. The van der Waals surface area contributed by atoms with Crippen LogP contribution in [0.15, 0.2) is 0 Å². The van der Waals surface area contributed by atoms with Crippen LogP contribution in [0.1, 0.15) is 32.1 Å². The van der Waals surface area contributed by atoms with Gasteiger partial charge in [-0.25, -0.2) is 0 Å². The van der Waals surface area contributed by atoms with E-state index < -0.39 is 0 Å². The normalized spacial score (nSPS) is 17.0. The van der Waals surface area contributed by atoms with Crippen molar-refractivity contribution in [1.82, 2.24) is 10.6 Å². The van der Waals surface area contributed by atoms with Gasteiger partial charge in [0.2, 0.25) is 5.91 Å². The van der Waals surface area contributed by atoms with E-state index in [0.29, 0.717) is 25.7 Å². The molecule has 5 nitrogen and oxygen atoms in total. The van der Waals surface area contributed by atoms with Crippen molar-refractivity contribution < 1.29 is 14.6 Å². The fourth-order valence-electron chi connectivity index (χ4n) is 1.83. The van der Waals surface area contributed by atoms with Gasteiger partial charge in [0.1, 0.15) is 0 Å². The fraction of sp³-hybridized carbons (Fsp3) is 0.917. The van der Waals surface area contributed by atoms with E-state index in [9.17, 15) is 4.79 Å². The summed E-state index contributed by atoms with van der Waals surface area (Å²) < 4.78 is 5.64. The smallest absolute Gasteiger partial charge is 0.222 e. The van der Waals surface area contributed by atoms with Crippen molar-refractivity contribution in [2.45, 2.75) is 38.2 Å². The molecule has 0 spiro atoms. The molecule has 0 atom stereocenters. The first kappa shape index (κ1) is 14.4. The predicted molar refractivity (Wildman–Crippen MR) is 65.8 cm³/mol. The number of carbonyl (C=O) groups is 1. The highest BCUT2D eigenvalue weighted by molar-refractivity contribution is 5.75. The number of carbonyl (C=O) groups excluding carboxylic acids is 1. The second kappa shape index (κ2) is 9.39. The summed E-state index contributed by atoms with van der Waals surface area (Å²) in [6, 6.07) is 0. The maximum atomic E-state index is 11.4. The maximum absolute atomic E-state index is 11.4. The highest BCUT2D eigenvalue weighted by Gasteiger charge is 2.13. The lowest BCUT2D eigenvalue weighted by atomic mass is 10.1. The highest BCUT2D eigenvalue weighted by Crippen LogP contribution is 2.07. The van der Waals surface area contributed by atoms with Gasteiger partial charge in [0.25, 0.3) is 0 Å². The summed E-state index contributed by atoms with van der Waals surface area (Å²) in [6.45, 7) is 3.37. The molecule has 3 N–H and O–H groups in total. The number of piperidine rings is 1. The third kappa shape index (κ3) is 7.31. The van der Waals surface area contributed by atoms with Gasteiger partial charge >= 0.3 is 0 Å². The standard InChI is InChI=1S/C12H24N2O3/c15-9-2-1-6-14-12(16)5-10-17-11-3-7-13-8-4-11/h11,13,15H,1-10H2,(H,14,16). The van der Waals surface area contributed by atoms with Crippen LogP contribution in [-0.2, 0) is 9.53 Å². The van der Waals surface area contributed by atoms with E-state index in [-0.39, 0.29) is 12.5 Å². The Labute approximate surface area is 103 Å². The zero-order valence-electron chi connectivity index (χ0n) is 10.4. The van der Waals surface area contributed by atoms with Gasteiger partial charge in [0.05, 0.1) is 12.7 Å². The number of hydrogen-bond acceptors (Lipinski definition) is 4. The van der Waals surface area contributed by atoms with Crippen molar-refractivity contribution in [3.05, 3.63) is 0 Å². The van der Waals surface area contributed by atoms with E-state index in [2.05, 4.69) is 10.6 Å². The van der Waals surface area contributed by atoms with Gasteiger partial charge < -0.3 is 20.5 Å². The molecule has 17 heavy (non-hydrogen) atoms. The first-order chi connectivity index (χ1) is 8.33. The van der Waals surface area contributed by atoms with E-state index in [0.717, 1.165) is 38.8 Å². The van der Waals surface area contributed by atoms with Gasteiger partial charge in [-0.1, -0.05) is 0 Å². The van der Waals surface area contributed by atoms with Gasteiger partial charge in [-0.2, -0.15) is 0 Å². The molecule has 100 valence electrons. The molecule has 1 amide bonds. The predicted octanol–water partition coefficient (Wildman–Crippen LogP) is 0.0338. The molecule has 1 heterocycles. The van der Waals surface area contributed by atoms with E-state index in [1.165, 1.54) is 0 Å². The number of aliphatic hydroxyl groups is 1. The minimum absolute atomic E-state index is 0.0388. The number of nitrogens with one attached hydrogen (secondary N) is 2. The average Bonchev–Trinajstić information content (AvgIpc) is 2.36. The number of rotatable bonds is 8. The van der Waals surface area contributed by atoms with Crippen molar-refractivity contribution in [2.24, 2.45) is 0 Å². The van der Waals surface area contributed by atoms with Crippen LogP contribution in [0.2, 0.25) is 0 Å². The second-order valence-electron chi connectivity index (χ2n) is 4.35. The van der Waals surface area contributed by atoms with E-state index >= 15 is 0 Å². The van der Waals surface area contributed by atoms with Gasteiger partial charge in [-0.05, 0) is 38.8 Å². The first-order valence-electron chi connectivity index (χ1n) is 6.53. The Hall–Kier alpha value is -0.650. The topological polar surface area (TPSA) is 70.6 Å². The van der Waals surface area contributed by atoms with Crippen LogP contribution in [0.3, 0.4) is 0 Å². The lowest BCUT2D eigenvalue weighted by Gasteiger charge is -2.22. The molecule has 0 aromatic rings. The lowest BCUT2D eigenvalue weighted by Crippen LogP contribution is -2.33. The molecule has 1 aliphatic heterocycles. The molecule has 0 aromatic heterocycles. The Morgan fingerprint density at radius 3 is 2.82 bits per heavy atom. The largest absolute Gasteiger partial charge is 0.396 e. The van der Waals surface area contributed by atoms with Gasteiger partial charge in [0.15, 0.2) is 0 Å². The summed E-state index contributed by atoms with van der Waals surface area (Å²) in [5, 5.41) is 14.7. The molecule has 0 bridgehead atoms. The Morgan fingerprint density at radius 2 is 2.12 bits per heavy atom. The highest BCUT2D eigenvalue weighted by atomic mass is 16.5. The Morgan fingerprint density at radius 1 is 1.35 bits per heavy atom. The molecule has 1 aliphatic rings. The van der Waals surface area contributed by atoms with Crippen LogP contribution in [-0.4, -0.2) is 50.0 Å². The van der Waals surface area contributed by atoms with Crippen molar-refractivity contribution in [3.63, 3.8) is 0 Å². The van der Waals surface area contributed by atoms with Gasteiger partial charge in [-0.15, -0.1) is 0 Å². The number of unbranched alkanes of at least 4 members (excludes halogenated alkanes) is 1. The van der Waals surface area contributed by atoms with Crippen LogP contribution in [0, 0.1) is 0 Å². The molecule has 1 rings (SSSR count). The molecule has 0 aliphatic carbocycles. The lowest BCUT2D eigenvalue weighted by molar-refractivity contribution is -0.122. The van der Waals surface area contributed by atoms with Crippen LogP contribution in [0.5, 0.6) is 0 Å². The van der Waals surface area contributed by atoms with Crippen molar-refractivity contribution in [2.75, 3.05) is 32.8 Å². The average molecular weight is 244 g/mol. The number of hydrogen-bond donors (Lipinski definition) is 3. The molecular formula is C12H24N2O3. The summed E-state index contributed by atoms with van der Waals surface area (Å²) in [4.78, 5) is 11.4. The van der Waals surface area contributed by atoms with Gasteiger partial charge in [0, 0.05) is 19.6 Å². The summed E-state index contributed by atoms with van der Waals surface area (Å²) in [5.41, 5.74) is 0. The minimum atomic E-state index is 0.0388. The monoisotopic (exact) mass is 244 g/mol. The number of amides is 1. The third-order valence-corrected chi connectivity index (χ3v) is 2.88. The Balaban J connectivity index is 1.92. The minimum Gasteiger partial charge on any atom is -0.396 e. The van der Waals surface area contributed by atoms with Crippen LogP contribution in [0.25, 0.3) is 0 Å². The molecule has 0 saturated carbocycles.